The summed E-state index contributed by atoms with van der Waals surface area (Å²) in [5.74, 6) is -2.61. The van der Waals surface area contributed by atoms with Gasteiger partial charge in [-0.15, -0.1) is 0 Å². The highest BCUT2D eigenvalue weighted by Gasteiger charge is 2.34. The Labute approximate surface area is 160 Å². The summed E-state index contributed by atoms with van der Waals surface area (Å²) in [5, 5.41) is 12.0. The van der Waals surface area contributed by atoms with Crippen molar-refractivity contribution in [2.45, 2.75) is 0 Å². The Morgan fingerprint density at radius 2 is 1.89 bits per heavy atom. The normalized spacial score (nSPS) is 13.9. The Balaban J connectivity index is 2.02. The third kappa shape index (κ3) is 3.86. The topological polar surface area (TPSA) is 78.9 Å². The molecule has 0 bridgehead atoms. The molecule has 1 heterocycles. The van der Waals surface area contributed by atoms with Crippen molar-refractivity contribution >= 4 is 17.6 Å². The van der Waals surface area contributed by atoms with Gasteiger partial charge in [0.25, 0.3) is 5.91 Å². The summed E-state index contributed by atoms with van der Waals surface area (Å²) >= 11 is 0. The summed E-state index contributed by atoms with van der Waals surface area (Å²) in [6.45, 7) is -0.209. The van der Waals surface area contributed by atoms with Gasteiger partial charge < -0.3 is 20.1 Å². The van der Waals surface area contributed by atoms with Crippen LogP contribution in [-0.4, -0.2) is 48.7 Å². The van der Waals surface area contributed by atoms with Gasteiger partial charge in [0.1, 0.15) is 17.3 Å². The van der Waals surface area contributed by atoms with Crippen LogP contribution in [0.25, 0.3) is 11.1 Å². The molecular formula is C20H18F2N2O4. The third-order valence-electron chi connectivity index (χ3n) is 4.31. The van der Waals surface area contributed by atoms with E-state index in [-0.39, 0.29) is 36.5 Å². The van der Waals surface area contributed by atoms with Crippen molar-refractivity contribution in [3.05, 3.63) is 65.4 Å². The highest BCUT2D eigenvalue weighted by molar-refractivity contribution is 6.09. The lowest BCUT2D eigenvalue weighted by molar-refractivity contribution is -0.136. The molecule has 2 aromatic rings. The second-order valence-corrected chi connectivity index (χ2v) is 6.12. The number of methoxy groups -OCH3 is 1. The molecule has 0 fully saturated rings. The average Bonchev–Trinajstić information content (AvgIpc) is 2.97. The van der Waals surface area contributed by atoms with Gasteiger partial charge in [0, 0.05) is 23.9 Å². The van der Waals surface area contributed by atoms with E-state index in [0.29, 0.717) is 11.3 Å². The van der Waals surface area contributed by atoms with Crippen molar-refractivity contribution in [3.63, 3.8) is 0 Å². The van der Waals surface area contributed by atoms with Crippen molar-refractivity contribution in [1.29, 1.82) is 0 Å². The lowest BCUT2D eigenvalue weighted by Gasteiger charge is -2.16. The summed E-state index contributed by atoms with van der Waals surface area (Å²) in [7, 11) is 1.20. The van der Waals surface area contributed by atoms with Crippen LogP contribution in [0.1, 0.15) is 0 Å². The van der Waals surface area contributed by atoms with E-state index in [1.54, 1.807) is 24.3 Å². The molecule has 0 aromatic heterocycles. The fourth-order valence-corrected chi connectivity index (χ4v) is 3.04. The molecule has 1 aliphatic rings. The minimum atomic E-state index is -0.731. The van der Waals surface area contributed by atoms with E-state index >= 15 is 0 Å². The molecule has 0 radical (unpaired) electrons. The van der Waals surface area contributed by atoms with E-state index in [1.165, 1.54) is 24.1 Å². The van der Waals surface area contributed by atoms with Crippen LogP contribution in [0.2, 0.25) is 0 Å². The number of nitrogens with zero attached hydrogens (tertiary/aromatic N) is 1. The zero-order valence-electron chi connectivity index (χ0n) is 15.0. The first-order valence-corrected chi connectivity index (χ1v) is 8.48. The van der Waals surface area contributed by atoms with Gasteiger partial charge in [0.15, 0.2) is 0 Å². The lowest BCUT2D eigenvalue weighted by Crippen LogP contribution is -2.31. The number of nitrogens with one attached hydrogen (secondary N) is 1. The Hall–Kier alpha value is -3.26. The summed E-state index contributed by atoms with van der Waals surface area (Å²) in [5.41, 5.74) is 1.23. The molecule has 0 saturated heterocycles. The SMILES string of the molecule is COC(=O)C1=C(Nc2ccccc2-c2cc(F)cc(F)c2)C(=O)N(CCO)C1. The molecule has 0 saturated carbocycles. The Morgan fingerprint density at radius 3 is 2.54 bits per heavy atom. The molecule has 0 spiro atoms. The second kappa shape index (κ2) is 8.18. The second-order valence-electron chi connectivity index (χ2n) is 6.12. The van der Waals surface area contributed by atoms with Crippen LogP contribution in [0.5, 0.6) is 0 Å². The Morgan fingerprint density at radius 1 is 1.21 bits per heavy atom. The number of carbonyl (C=O) groups excluding carboxylic acids is 2. The van der Waals surface area contributed by atoms with E-state index in [1.807, 2.05) is 0 Å². The van der Waals surface area contributed by atoms with Crippen LogP contribution in [0.15, 0.2) is 53.7 Å². The fraction of sp³-hybridized carbons (Fsp3) is 0.200. The van der Waals surface area contributed by atoms with Crippen LogP contribution >= 0.6 is 0 Å². The molecule has 28 heavy (non-hydrogen) atoms. The average molecular weight is 388 g/mol. The molecule has 3 rings (SSSR count). The van der Waals surface area contributed by atoms with Crippen molar-refractivity contribution in [2.24, 2.45) is 0 Å². The number of carbonyl (C=O) groups is 2. The molecule has 0 atom stereocenters. The Bertz CT molecular complexity index is 939. The first-order valence-electron chi connectivity index (χ1n) is 8.48. The van der Waals surface area contributed by atoms with Gasteiger partial charge in [-0.1, -0.05) is 18.2 Å². The van der Waals surface area contributed by atoms with Crippen molar-refractivity contribution < 1.29 is 28.2 Å². The van der Waals surface area contributed by atoms with Gasteiger partial charge in [-0.25, -0.2) is 13.6 Å². The van der Waals surface area contributed by atoms with Gasteiger partial charge >= 0.3 is 5.97 Å². The van der Waals surface area contributed by atoms with Crippen LogP contribution in [0, 0.1) is 11.6 Å². The summed E-state index contributed by atoms with van der Waals surface area (Å²) in [6.07, 6.45) is 0. The van der Waals surface area contributed by atoms with E-state index in [0.717, 1.165) is 6.07 Å². The lowest BCUT2D eigenvalue weighted by atomic mass is 10.0. The minimum absolute atomic E-state index is 0.00428. The number of ether oxygens (including phenoxy) is 1. The maximum absolute atomic E-state index is 13.6. The largest absolute Gasteiger partial charge is 0.466 e. The third-order valence-corrected chi connectivity index (χ3v) is 4.31. The number of hydrogen-bond donors (Lipinski definition) is 2. The quantitative estimate of drug-likeness (QED) is 0.743. The summed E-state index contributed by atoms with van der Waals surface area (Å²) in [6, 6.07) is 9.76. The minimum Gasteiger partial charge on any atom is -0.466 e. The van der Waals surface area contributed by atoms with Crippen molar-refractivity contribution in [3.8, 4) is 11.1 Å². The van der Waals surface area contributed by atoms with Gasteiger partial charge in [0.2, 0.25) is 0 Å². The first-order chi connectivity index (χ1) is 13.4. The highest BCUT2D eigenvalue weighted by atomic mass is 19.1. The van der Waals surface area contributed by atoms with E-state index < -0.39 is 23.5 Å². The van der Waals surface area contributed by atoms with Crippen LogP contribution in [0.4, 0.5) is 14.5 Å². The summed E-state index contributed by atoms with van der Waals surface area (Å²) < 4.78 is 32.0. The van der Waals surface area contributed by atoms with Gasteiger partial charge in [-0.2, -0.15) is 0 Å². The zero-order valence-corrected chi connectivity index (χ0v) is 15.0. The predicted molar refractivity (Wildman–Crippen MR) is 98.1 cm³/mol. The zero-order chi connectivity index (χ0) is 20.3. The van der Waals surface area contributed by atoms with E-state index in [9.17, 15) is 18.4 Å². The number of anilines is 1. The number of aliphatic hydroxyl groups excluding tert-OH is 1. The monoisotopic (exact) mass is 388 g/mol. The van der Waals surface area contributed by atoms with E-state index in [2.05, 4.69) is 5.32 Å². The molecule has 2 aromatic carbocycles. The first kappa shape index (κ1) is 19.5. The van der Waals surface area contributed by atoms with Crippen molar-refractivity contribution in [2.75, 3.05) is 32.1 Å². The smallest absolute Gasteiger partial charge is 0.337 e. The maximum Gasteiger partial charge on any atom is 0.337 e. The van der Waals surface area contributed by atoms with Gasteiger partial charge in [0.05, 0.1) is 25.8 Å². The van der Waals surface area contributed by atoms with Crippen LogP contribution in [0.3, 0.4) is 0 Å². The molecule has 8 heteroatoms. The van der Waals surface area contributed by atoms with Crippen molar-refractivity contribution in [1.82, 2.24) is 4.90 Å². The van der Waals surface area contributed by atoms with Gasteiger partial charge in [-0.3, -0.25) is 4.79 Å². The van der Waals surface area contributed by atoms with Crippen LogP contribution < -0.4 is 5.32 Å². The fourth-order valence-electron chi connectivity index (χ4n) is 3.04. The van der Waals surface area contributed by atoms with Crippen LogP contribution in [-0.2, 0) is 14.3 Å². The molecule has 0 unspecified atom stereocenters. The molecule has 0 aliphatic carbocycles. The highest BCUT2D eigenvalue weighted by Crippen LogP contribution is 2.32. The molecule has 6 nitrogen and oxygen atoms in total. The standard InChI is InChI=1S/C20H18F2N2O4/c1-28-20(27)16-11-24(6-7-25)19(26)18(16)23-17-5-3-2-4-15(17)12-8-13(21)10-14(22)9-12/h2-5,8-10,23,25H,6-7,11H2,1H3. The number of aliphatic hydroxyl groups is 1. The van der Waals surface area contributed by atoms with E-state index in [4.69, 9.17) is 9.84 Å². The maximum atomic E-state index is 13.6. The molecular weight excluding hydrogens is 370 g/mol. The molecule has 2 N–H and O–H groups in total. The van der Waals surface area contributed by atoms with Gasteiger partial charge in [-0.05, 0) is 23.8 Å². The summed E-state index contributed by atoms with van der Waals surface area (Å²) in [4.78, 5) is 26.1. The number of halogens is 2. The number of esters is 1. The number of amides is 1. The molecule has 1 aliphatic heterocycles. The molecule has 146 valence electrons. The number of para-hydroxylation sites is 1. The number of hydrogen-bond acceptors (Lipinski definition) is 5. The Kier molecular flexibility index (Phi) is 5.70. The predicted octanol–water partition coefficient (Wildman–Crippen LogP) is 2.31. The number of β-amino-alcohol motifs (C(OH)–C–C–N with tert-alkyl or cyclic N) is 1. The number of rotatable bonds is 6. The number of benzene rings is 2. The molecule has 1 amide bonds.